The second-order valence-electron chi connectivity index (χ2n) is 2.15. The van der Waals surface area contributed by atoms with Gasteiger partial charge in [0.05, 0.1) is 19.7 Å². The highest BCUT2D eigenvalue weighted by atomic mass is 16.5. The van der Waals surface area contributed by atoms with Crippen LogP contribution in [0.2, 0.25) is 0 Å². The van der Waals surface area contributed by atoms with Gasteiger partial charge in [-0.05, 0) is 0 Å². The summed E-state index contributed by atoms with van der Waals surface area (Å²) in [5.74, 6) is 2.22. The predicted octanol–water partition coefficient (Wildman–Crippen LogP) is -1.03. The van der Waals surface area contributed by atoms with Crippen LogP contribution in [0.5, 0.6) is 0 Å². The Morgan fingerprint density at radius 1 is 1.67 bits per heavy atom. The summed E-state index contributed by atoms with van der Waals surface area (Å²) in [7, 11) is 1.61. The first-order valence-electron chi connectivity index (χ1n) is 3.71. The van der Waals surface area contributed by atoms with Crippen molar-refractivity contribution in [2.24, 2.45) is 0 Å². The number of hydrogen-bond donors (Lipinski definition) is 2. The van der Waals surface area contributed by atoms with Crippen LogP contribution in [0.25, 0.3) is 0 Å². The Bertz CT molecular complexity index is 163. The topological polar surface area (TPSA) is 50.4 Å². The Labute approximate surface area is 72.7 Å². The normalized spacial score (nSPS) is 9.00. The molecule has 0 aromatic heterocycles. The molecule has 0 fully saturated rings. The van der Waals surface area contributed by atoms with Crippen molar-refractivity contribution in [2.75, 3.05) is 33.4 Å². The molecule has 0 aliphatic rings. The molecule has 0 unspecified atom stereocenters. The lowest BCUT2D eigenvalue weighted by Gasteiger charge is -2.02. The number of carbonyl (C=O) groups is 1. The molecule has 0 spiro atoms. The first-order chi connectivity index (χ1) is 5.81. The average Bonchev–Trinajstić information content (AvgIpc) is 2.09. The zero-order valence-corrected chi connectivity index (χ0v) is 7.22. The van der Waals surface area contributed by atoms with Crippen LogP contribution in [0.4, 0.5) is 0 Å². The van der Waals surface area contributed by atoms with Crippen molar-refractivity contribution in [1.82, 2.24) is 10.6 Å². The maximum Gasteiger partial charge on any atom is 0.234 e. The molecule has 12 heavy (non-hydrogen) atoms. The van der Waals surface area contributed by atoms with Gasteiger partial charge in [0.2, 0.25) is 5.91 Å². The fraction of sp³-hybridized carbons (Fsp3) is 0.625. The van der Waals surface area contributed by atoms with Crippen molar-refractivity contribution in [1.29, 1.82) is 0 Å². The van der Waals surface area contributed by atoms with Gasteiger partial charge in [0.25, 0.3) is 0 Å². The minimum absolute atomic E-state index is 0.0935. The summed E-state index contributed by atoms with van der Waals surface area (Å²) in [5.41, 5.74) is 0. The summed E-state index contributed by atoms with van der Waals surface area (Å²) in [6, 6.07) is 0. The molecule has 0 saturated carbocycles. The molecule has 68 valence electrons. The van der Waals surface area contributed by atoms with Crippen LogP contribution >= 0.6 is 0 Å². The predicted molar refractivity (Wildman–Crippen MR) is 46.6 cm³/mol. The number of terminal acetylenes is 1. The van der Waals surface area contributed by atoms with Crippen molar-refractivity contribution in [2.45, 2.75) is 0 Å². The summed E-state index contributed by atoms with van der Waals surface area (Å²) in [6.45, 7) is 1.83. The van der Waals surface area contributed by atoms with Gasteiger partial charge in [-0.25, -0.2) is 0 Å². The van der Waals surface area contributed by atoms with E-state index in [0.29, 0.717) is 13.2 Å². The van der Waals surface area contributed by atoms with Crippen LogP contribution in [-0.4, -0.2) is 39.3 Å². The summed E-state index contributed by atoms with van der Waals surface area (Å²) in [6.07, 6.45) is 4.95. The van der Waals surface area contributed by atoms with Gasteiger partial charge in [0.15, 0.2) is 0 Å². The molecule has 2 N–H and O–H groups in total. The number of amides is 1. The van der Waals surface area contributed by atoms with E-state index in [1.54, 1.807) is 7.11 Å². The van der Waals surface area contributed by atoms with E-state index in [1.165, 1.54) is 0 Å². The number of rotatable bonds is 6. The van der Waals surface area contributed by atoms with Gasteiger partial charge in [-0.1, -0.05) is 5.92 Å². The van der Waals surface area contributed by atoms with E-state index in [0.717, 1.165) is 0 Å². The first kappa shape index (κ1) is 11.0. The lowest BCUT2D eigenvalue weighted by Crippen LogP contribution is -2.35. The van der Waals surface area contributed by atoms with Gasteiger partial charge in [-0.3, -0.25) is 4.79 Å². The van der Waals surface area contributed by atoms with Gasteiger partial charge in [-0.2, -0.15) is 0 Å². The monoisotopic (exact) mass is 170 g/mol. The molecule has 0 rings (SSSR count). The molecule has 0 aromatic rings. The van der Waals surface area contributed by atoms with E-state index in [1.807, 2.05) is 0 Å². The maximum atomic E-state index is 10.9. The maximum absolute atomic E-state index is 10.9. The minimum atomic E-state index is -0.0935. The molecule has 1 amide bonds. The highest BCUT2D eigenvalue weighted by Crippen LogP contribution is 1.66. The lowest BCUT2D eigenvalue weighted by molar-refractivity contribution is -0.120. The van der Waals surface area contributed by atoms with Gasteiger partial charge >= 0.3 is 0 Å². The van der Waals surface area contributed by atoms with Crippen LogP contribution in [0.15, 0.2) is 0 Å². The molecule has 4 nitrogen and oxygen atoms in total. The van der Waals surface area contributed by atoms with Gasteiger partial charge in [0, 0.05) is 13.7 Å². The quantitative estimate of drug-likeness (QED) is 0.396. The number of methoxy groups -OCH3 is 1. The lowest BCUT2D eigenvalue weighted by atomic mass is 10.5. The van der Waals surface area contributed by atoms with Crippen LogP contribution in [0, 0.1) is 12.3 Å². The van der Waals surface area contributed by atoms with Crippen molar-refractivity contribution < 1.29 is 9.53 Å². The van der Waals surface area contributed by atoms with Crippen molar-refractivity contribution >= 4 is 5.91 Å². The van der Waals surface area contributed by atoms with E-state index in [-0.39, 0.29) is 19.0 Å². The second-order valence-corrected chi connectivity index (χ2v) is 2.15. The largest absolute Gasteiger partial charge is 0.383 e. The van der Waals surface area contributed by atoms with Gasteiger partial charge in [-0.15, -0.1) is 6.42 Å². The Morgan fingerprint density at radius 2 is 2.42 bits per heavy atom. The molecule has 0 radical (unpaired) electrons. The van der Waals surface area contributed by atoms with Crippen LogP contribution in [-0.2, 0) is 9.53 Å². The SMILES string of the molecule is C#CCNC(=O)CNCCOC. The second kappa shape index (κ2) is 8.05. The molecule has 0 bridgehead atoms. The number of nitrogens with one attached hydrogen (secondary N) is 2. The highest BCUT2D eigenvalue weighted by molar-refractivity contribution is 5.78. The molecular formula is C8H14N2O2. The van der Waals surface area contributed by atoms with Crippen molar-refractivity contribution in [3.05, 3.63) is 0 Å². The summed E-state index contributed by atoms with van der Waals surface area (Å²) >= 11 is 0. The zero-order chi connectivity index (χ0) is 9.23. The van der Waals surface area contributed by atoms with Crippen molar-refractivity contribution in [3.63, 3.8) is 0 Å². The first-order valence-corrected chi connectivity index (χ1v) is 3.71. The Hall–Kier alpha value is -1.05. The molecular weight excluding hydrogens is 156 g/mol. The van der Waals surface area contributed by atoms with E-state index in [9.17, 15) is 4.79 Å². The standard InChI is InChI=1S/C8H14N2O2/c1-3-4-10-8(11)7-9-5-6-12-2/h1,9H,4-7H2,2H3,(H,10,11). The van der Waals surface area contributed by atoms with Crippen LogP contribution < -0.4 is 10.6 Å². The average molecular weight is 170 g/mol. The molecule has 4 heteroatoms. The third-order valence-corrected chi connectivity index (χ3v) is 1.16. The van der Waals surface area contributed by atoms with Gasteiger partial charge < -0.3 is 15.4 Å². The van der Waals surface area contributed by atoms with E-state index in [2.05, 4.69) is 16.6 Å². The molecule has 0 aromatic carbocycles. The number of ether oxygens (including phenoxy) is 1. The Morgan fingerprint density at radius 3 is 3.00 bits per heavy atom. The molecule has 0 atom stereocenters. The smallest absolute Gasteiger partial charge is 0.234 e. The summed E-state index contributed by atoms with van der Waals surface area (Å²) in [5, 5.41) is 5.42. The van der Waals surface area contributed by atoms with E-state index >= 15 is 0 Å². The Kier molecular flexibility index (Phi) is 7.35. The summed E-state index contributed by atoms with van der Waals surface area (Å²) < 4.78 is 4.78. The Balaban J connectivity index is 3.15. The van der Waals surface area contributed by atoms with E-state index < -0.39 is 0 Å². The third-order valence-electron chi connectivity index (χ3n) is 1.16. The van der Waals surface area contributed by atoms with Crippen LogP contribution in [0.1, 0.15) is 0 Å². The fourth-order valence-electron chi connectivity index (χ4n) is 0.588. The fourth-order valence-corrected chi connectivity index (χ4v) is 0.588. The molecule has 0 heterocycles. The minimum Gasteiger partial charge on any atom is -0.383 e. The van der Waals surface area contributed by atoms with E-state index in [4.69, 9.17) is 11.2 Å². The number of carbonyl (C=O) groups excluding carboxylic acids is 1. The van der Waals surface area contributed by atoms with Gasteiger partial charge in [0.1, 0.15) is 0 Å². The van der Waals surface area contributed by atoms with Crippen LogP contribution in [0.3, 0.4) is 0 Å². The molecule has 0 aliphatic carbocycles. The molecule has 0 saturated heterocycles. The number of hydrogen-bond acceptors (Lipinski definition) is 3. The zero-order valence-electron chi connectivity index (χ0n) is 7.22. The van der Waals surface area contributed by atoms with Crippen molar-refractivity contribution in [3.8, 4) is 12.3 Å². The highest BCUT2D eigenvalue weighted by Gasteiger charge is 1.96. The summed E-state index contributed by atoms with van der Waals surface area (Å²) in [4.78, 5) is 10.9. The molecule has 0 aliphatic heterocycles. The third kappa shape index (κ3) is 7.06.